The van der Waals surface area contributed by atoms with E-state index >= 15 is 0 Å². The first-order valence-electron chi connectivity index (χ1n) is 8.08. The van der Waals surface area contributed by atoms with Crippen molar-refractivity contribution in [1.29, 1.82) is 0 Å². The van der Waals surface area contributed by atoms with E-state index in [0.717, 1.165) is 24.5 Å². The number of carbonyl (C=O) groups is 1. The summed E-state index contributed by atoms with van der Waals surface area (Å²) in [7, 11) is 0. The summed E-state index contributed by atoms with van der Waals surface area (Å²) < 4.78 is 10.7. The molecule has 6 heteroatoms. The molecule has 122 valence electrons. The van der Waals surface area contributed by atoms with Crippen molar-refractivity contribution < 1.29 is 14.1 Å². The van der Waals surface area contributed by atoms with Crippen molar-refractivity contribution in [2.24, 2.45) is 0 Å². The highest BCUT2D eigenvalue weighted by Crippen LogP contribution is 2.35. The van der Waals surface area contributed by atoms with E-state index in [2.05, 4.69) is 15.5 Å². The normalized spacial score (nSPS) is 14.3. The van der Waals surface area contributed by atoms with Crippen LogP contribution in [0, 0.1) is 0 Å². The van der Waals surface area contributed by atoms with Crippen molar-refractivity contribution in [3.63, 3.8) is 0 Å². The van der Waals surface area contributed by atoms with Crippen LogP contribution in [0.4, 0.5) is 0 Å². The minimum atomic E-state index is -0.0383. The van der Waals surface area contributed by atoms with Gasteiger partial charge in [-0.2, -0.15) is 4.98 Å². The molecular formula is C17H21N3O3. The van der Waals surface area contributed by atoms with E-state index in [9.17, 15) is 4.79 Å². The Morgan fingerprint density at radius 2 is 2.13 bits per heavy atom. The third-order valence-electron chi connectivity index (χ3n) is 3.95. The highest BCUT2D eigenvalue weighted by molar-refractivity contribution is 5.75. The molecule has 0 bridgehead atoms. The van der Waals surface area contributed by atoms with Gasteiger partial charge < -0.3 is 14.6 Å². The van der Waals surface area contributed by atoms with Gasteiger partial charge in [0.05, 0.1) is 13.0 Å². The van der Waals surface area contributed by atoms with E-state index in [1.165, 1.54) is 6.42 Å². The number of amides is 1. The molecule has 0 aliphatic heterocycles. The number of rotatable bonds is 8. The number of ether oxygens (including phenoxy) is 1. The van der Waals surface area contributed by atoms with Gasteiger partial charge in [-0.05, 0) is 25.0 Å². The van der Waals surface area contributed by atoms with Gasteiger partial charge in [0.25, 0.3) is 0 Å². The molecule has 1 saturated carbocycles. The SMILES string of the molecule is O=C(CCOc1ccccc1)NCCc1noc(C2CCC2)n1. The highest BCUT2D eigenvalue weighted by Gasteiger charge is 2.25. The second-order valence-corrected chi connectivity index (χ2v) is 5.69. The van der Waals surface area contributed by atoms with Crippen LogP contribution in [0.25, 0.3) is 0 Å². The number of benzene rings is 1. The van der Waals surface area contributed by atoms with Crippen LogP contribution in [-0.2, 0) is 11.2 Å². The van der Waals surface area contributed by atoms with Crippen LogP contribution in [0.2, 0.25) is 0 Å². The van der Waals surface area contributed by atoms with Crippen molar-refractivity contribution in [3.8, 4) is 5.75 Å². The molecule has 1 heterocycles. The lowest BCUT2D eigenvalue weighted by atomic mass is 9.85. The first kappa shape index (κ1) is 15.5. The molecule has 2 aromatic rings. The summed E-state index contributed by atoms with van der Waals surface area (Å²) in [4.78, 5) is 16.1. The van der Waals surface area contributed by atoms with Gasteiger partial charge in [-0.25, -0.2) is 0 Å². The molecule has 0 spiro atoms. The zero-order valence-corrected chi connectivity index (χ0v) is 13.0. The Morgan fingerprint density at radius 1 is 1.30 bits per heavy atom. The maximum atomic E-state index is 11.7. The fraction of sp³-hybridized carbons (Fsp3) is 0.471. The van der Waals surface area contributed by atoms with Gasteiger partial charge in [0.1, 0.15) is 5.75 Å². The van der Waals surface area contributed by atoms with Crippen LogP contribution >= 0.6 is 0 Å². The van der Waals surface area contributed by atoms with Gasteiger partial charge in [-0.15, -0.1) is 0 Å². The van der Waals surface area contributed by atoms with Crippen molar-refractivity contribution in [2.75, 3.05) is 13.2 Å². The Kier molecular flexibility index (Phi) is 5.24. The van der Waals surface area contributed by atoms with E-state index in [4.69, 9.17) is 9.26 Å². The Labute approximate surface area is 135 Å². The van der Waals surface area contributed by atoms with E-state index < -0.39 is 0 Å². The van der Waals surface area contributed by atoms with Gasteiger partial charge in [0.15, 0.2) is 5.82 Å². The molecule has 0 atom stereocenters. The summed E-state index contributed by atoms with van der Waals surface area (Å²) in [6, 6.07) is 9.46. The van der Waals surface area contributed by atoms with Crippen LogP contribution in [0.15, 0.2) is 34.9 Å². The Balaban J connectivity index is 1.30. The summed E-state index contributed by atoms with van der Waals surface area (Å²) >= 11 is 0. The van der Waals surface area contributed by atoms with Crippen LogP contribution in [-0.4, -0.2) is 29.2 Å². The number of nitrogens with one attached hydrogen (secondary N) is 1. The maximum Gasteiger partial charge on any atom is 0.229 e. The van der Waals surface area contributed by atoms with Crippen LogP contribution in [0.3, 0.4) is 0 Å². The van der Waals surface area contributed by atoms with Gasteiger partial charge >= 0.3 is 0 Å². The first-order valence-corrected chi connectivity index (χ1v) is 8.08. The largest absolute Gasteiger partial charge is 0.493 e. The molecule has 0 unspecified atom stereocenters. The van der Waals surface area contributed by atoms with Gasteiger partial charge in [0, 0.05) is 18.9 Å². The number of aromatic nitrogens is 2. The lowest BCUT2D eigenvalue weighted by Gasteiger charge is -2.20. The molecule has 1 aliphatic rings. The predicted molar refractivity (Wildman–Crippen MR) is 84.2 cm³/mol. The van der Waals surface area contributed by atoms with Crippen LogP contribution < -0.4 is 10.1 Å². The molecule has 3 rings (SSSR count). The second-order valence-electron chi connectivity index (χ2n) is 5.69. The standard InChI is InChI=1S/C17H21N3O3/c21-16(10-12-22-14-7-2-1-3-8-14)18-11-9-15-19-17(23-20-15)13-5-4-6-13/h1-3,7-8,13H,4-6,9-12H2,(H,18,21). The van der Waals surface area contributed by atoms with Crippen molar-refractivity contribution in [1.82, 2.24) is 15.5 Å². The molecule has 1 aromatic heterocycles. The van der Waals surface area contributed by atoms with Crippen molar-refractivity contribution >= 4 is 5.91 Å². The Hall–Kier alpha value is -2.37. The number of para-hydroxylation sites is 1. The van der Waals surface area contributed by atoms with Crippen LogP contribution in [0.1, 0.15) is 43.3 Å². The summed E-state index contributed by atoms with van der Waals surface area (Å²) in [6.07, 6.45) is 4.43. The molecular weight excluding hydrogens is 294 g/mol. The fourth-order valence-electron chi connectivity index (χ4n) is 2.37. The lowest BCUT2D eigenvalue weighted by Crippen LogP contribution is -2.27. The quantitative estimate of drug-likeness (QED) is 0.809. The smallest absolute Gasteiger partial charge is 0.229 e. The fourth-order valence-corrected chi connectivity index (χ4v) is 2.37. The number of hydrogen-bond donors (Lipinski definition) is 1. The molecule has 0 saturated heterocycles. The minimum Gasteiger partial charge on any atom is -0.493 e. The van der Waals surface area contributed by atoms with Crippen molar-refractivity contribution in [3.05, 3.63) is 42.0 Å². The summed E-state index contributed by atoms with van der Waals surface area (Å²) in [5.74, 6) is 2.59. The molecule has 6 nitrogen and oxygen atoms in total. The number of hydrogen-bond acceptors (Lipinski definition) is 5. The second kappa shape index (κ2) is 7.76. The Morgan fingerprint density at radius 3 is 2.87 bits per heavy atom. The highest BCUT2D eigenvalue weighted by atomic mass is 16.5. The average molecular weight is 315 g/mol. The number of nitrogens with zero attached hydrogens (tertiary/aromatic N) is 2. The van der Waals surface area contributed by atoms with Crippen molar-refractivity contribution in [2.45, 2.75) is 38.0 Å². The third kappa shape index (κ3) is 4.55. The zero-order valence-electron chi connectivity index (χ0n) is 13.0. The van der Waals surface area contributed by atoms with Gasteiger partial charge in [0.2, 0.25) is 11.8 Å². The van der Waals surface area contributed by atoms with E-state index in [0.29, 0.717) is 37.7 Å². The minimum absolute atomic E-state index is 0.0383. The molecule has 1 aromatic carbocycles. The number of carbonyl (C=O) groups excluding carboxylic acids is 1. The molecule has 0 radical (unpaired) electrons. The van der Waals surface area contributed by atoms with E-state index in [-0.39, 0.29) is 5.91 Å². The summed E-state index contributed by atoms with van der Waals surface area (Å²) in [5, 5.41) is 6.80. The van der Waals surface area contributed by atoms with Gasteiger partial charge in [-0.3, -0.25) is 4.79 Å². The summed E-state index contributed by atoms with van der Waals surface area (Å²) in [5.41, 5.74) is 0. The molecule has 1 fully saturated rings. The molecule has 23 heavy (non-hydrogen) atoms. The topological polar surface area (TPSA) is 77.2 Å². The molecule has 1 N–H and O–H groups in total. The van der Waals surface area contributed by atoms with Crippen LogP contribution in [0.5, 0.6) is 5.75 Å². The molecule has 1 amide bonds. The Bertz CT molecular complexity index is 623. The average Bonchev–Trinajstić information content (AvgIpc) is 2.95. The summed E-state index contributed by atoms with van der Waals surface area (Å²) in [6.45, 7) is 0.873. The maximum absolute atomic E-state index is 11.7. The zero-order chi connectivity index (χ0) is 15.9. The lowest BCUT2D eigenvalue weighted by molar-refractivity contribution is -0.121. The predicted octanol–water partition coefficient (Wildman–Crippen LogP) is 2.46. The van der Waals surface area contributed by atoms with E-state index in [1.54, 1.807) is 0 Å². The first-order chi connectivity index (χ1) is 11.3. The molecule has 1 aliphatic carbocycles. The third-order valence-corrected chi connectivity index (χ3v) is 3.95. The van der Waals surface area contributed by atoms with E-state index in [1.807, 2.05) is 30.3 Å². The van der Waals surface area contributed by atoms with Gasteiger partial charge in [-0.1, -0.05) is 29.8 Å². The monoisotopic (exact) mass is 315 g/mol.